The molecule has 0 radical (unpaired) electrons. The molecular formula is C30H20Cl2F7N3O. The third-order valence-electron chi connectivity index (χ3n) is 7.15. The molecule has 0 saturated heterocycles. The van der Waals surface area contributed by atoms with Crippen molar-refractivity contribution in [3.05, 3.63) is 105 Å². The van der Waals surface area contributed by atoms with Crippen molar-refractivity contribution in [3.63, 3.8) is 0 Å². The summed E-state index contributed by atoms with van der Waals surface area (Å²) in [6, 6.07) is 16.8. The topological polar surface area (TPSA) is 37.6 Å². The molecule has 1 aromatic heterocycles. The second-order valence-corrected chi connectivity index (χ2v) is 10.7. The van der Waals surface area contributed by atoms with Crippen molar-refractivity contribution >= 4 is 57.5 Å². The van der Waals surface area contributed by atoms with Gasteiger partial charge >= 0.3 is 18.0 Å². The van der Waals surface area contributed by atoms with Gasteiger partial charge in [-0.25, -0.2) is 0 Å². The minimum absolute atomic E-state index is 0.105. The number of amides is 1. The predicted molar refractivity (Wildman–Crippen MR) is 152 cm³/mol. The SMILES string of the molecule is Cc1cccc2c(/C=C3/C(=O)N(c4ccccc4)N=C3C(F)(F)C(F)(F)C(F)(F)F)c(C)n(Cc3ccc(Cl)cc3Cl)c12. The first-order valence-electron chi connectivity index (χ1n) is 12.6. The molecule has 0 aliphatic carbocycles. The van der Waals surface area contributed by atoms with Crippen LogP contribution in [0.25, 0.3) is 17.0 Å². The van der Waals surface area contributed by atoms with Crippen LogP contribution in [0, 0.1) is 13.8 Å². The van der Waals surface area contributed by atoms with Crippen molar-refractivity contribution in [1.29, 1.82) is 0 Å². The fraction of sp³-hybridized carbons (Fsp3) is 0.200. The standard InChI is InChI=1S/C30H20Cl2F7N3O/c1-16-7-6-10-21-22(17(2)41(25(16)21)15-18-11-12-19(31)13-24(18)32)14-23-26(28(33,34)29(35,36)30(37,38)39)40-42(27(23)43)20-8-4-3-5-9-20/h3-14H,15H2,1-2H3/b23-14+. The van der Waals surface area contributed by atoms with Crippen LogP contribution in [0.5, 0.6) is 0 Å². The van der Waals surface area contributed by atoms with E-state index in [9.17, 15) is 26.7 Å². The second-order valence-electron chi connectivity index (χ2n) is 9.90. The molecule has 43 heavy (non-hydrogen) atoms. The summed E-state index contributed by atoms with van der Waals surface area (Å²) in [5.41, 5.74) is -0.676. The van der Waals surface area contributed by atoms with Crippen LogP contribution in [-0.2, 0) is 11.3 Å². The number of rotatable bonds is 6. The van der Waals surface area contributed by atoms with Crippen LogP contribution in [-0.4, -0.2) is 34.2 Å². The zero-order chi connectivity index (χ0) is 31.5. The molecule has 4 aromatic rings. The van der Waals surface area contributed by atoms with Gasteiger partial charge in [-0.1, -0.05) is 65.7 Å². The number of anilines is 1. The van der Waals surface area contributed by atoms with Crippen LogP contribution in [0.15, 0.2) is 77.4 Å². The maximum atomic E-state index is 15.2. The lowest BCUT2D eigenvalue weighted by atomic mass is 9.96. The van der Waals surface area contributed by atoms with E-state index in [1.807, 2.05) is 0 Å². The van der Waals surface area contributed by atoms with Crippen molar-refractivity contribution in [2.45, 2.75) is 38.4 Å². The Morgan fingerprint density at radius 2 is 1.56 bits per heavy atom. The number of carbonyl (C=O) groups is 1. The molecule has 5 rings (SSSR count). The van der Waals surface area contributed by atoms with Crippen molar-refractivity contribution in [2.75, 3.05) is 5.01 Å². The summed E-state index contributed by atoms with van der Waals surface area (Å²) >= 11 is 12.4. The minimum Gasteiger partial charge on any atom is -0.340 e. The summed E-state index contributed by atoms with van der Waals surface area (Å²) in [5.74, 6) is -13.7. The van der Waals surface area contributed by atoms with Gasteiger partial charge in [0.15, 0.2) is 5.71 Å². The van der Waals surface area contributed by atoms with Gasteiger partial charge in [0.05, 0.1) is 16.8 Å². The van der Waals surface area contributed by atoms with E-state index >= 15 is 8.78 Å². The summed E-state index contributed by atoms with van der Waals surface area (Å²) in [5, 5.41) is 4.92. The molecule has 1 amide bonds. The van der Waals surface area contributed by atoms with E-state index in [0.717, 1.165) is 11.6 Å². The number of hydrogen-bond acceptors (Lipinski definition) is 2. The molecule has 0 fully saturated rings. The normalized spacial score (nSPS) is 15.6. The van der Waals surface area contributed by atoms with Gasteiger partial charge in [-0.3, -0.25) is 4.79 Å². The lowest BCUT2D eigenvalue weighted by Gasteiger charge is -2.27. The Morgan fingerprint density at radius 1 is 0.884 bits per heavy atom. The van der Waals surface area contributed by atoms with Gasteiger partial charge in [-0.15, -0.1) is 0 Å². The summed E-state index contributed by atoms with van der Waals surface area (Å²) in [6.07, 6.45) is -5.74. The first-order chi connectivity index (χ1) is 20.1. The average molecular weight is 642 g/mol. The first-order valence-corrected chi connectivity index (χ1v) is 13.4. The number of hydrogen-bond donors (Lipinski definition) is 0. The molecule has 0 atom stereocenters. The van der Waals surface area contributed by atoms with Crippen molar-refractivity contribution in [3.8, 4) is 0 Å². The molecular weight excluding hydrogens is 622 g/mol. The van der Waals surface area contributed by atoms with Crippen LogP contribution in [0.4, 0.5) is 36.4 Å². The molecule has 224 valence electrons. The predicted octanol–water partition coefficient (Wildman–Crippen LogP) is 9.23. The lowest BCUT2D eigenvalue weighted by Crippen LogP contribution is -2.56. The zero-order valence-corrected chi connectivity index (χ0v) is 23.8. The number of alkyl halides is 7. The van der Waals surface area contributed by atoms with Gasteiger partial charge in [0.2, 0.25) is 0 Å². The highest BCUT2D eigenvalue weighted by atomic mass is 35.5. The van der Waals surface area contributed by atoms with Gasteiger partial charge in [-0.05, 0) is 55.3 Å². The Bertz CT molecular complexity index is 1810. The van der Waals surface area contributed by atoms with Gasteiger partial charge in [0.25, 0.3) is 5.91 Å². The number of halogens is 9. The van der Waals surface area contributed by atoms with Gasteiger partial charge < -0.3 is 4.57 Å². The van der Waals surface area contributed by atoms with E-state index in [1.165, 1.54) is 36.4 Å². The molecule has 1 aliphatic rings. The highest BCUT2D eigenvalue weighted by Gasteiger charge is 2.76. The molecule has 0 saturated carbocycles. The van der Waals surface area contributed by atoms with E-state index in [1.54, 1.807) is 48.7 Å². The number of aryl methyl sites for hydroxylation is 1. The van der Waals surface area contributed by atoms with Crippen LogP contribution in [0.3, 0.4) is 0 Å². The third kappa shape index (κ3) is 5.08. The van der Waals surface area contributed by atoms with E-state index in [0.29, 0.717) is 37.2 Å². The first kappa shape index (κ1) is 30.6. The Kier molecular flexibility index (Phi) is 7.63. The number of para-hydroxylation sites is 2. The van der Waals surface area contributed by atoms with E-state index in [4.69, 9.17) is 23.2 Å². The molecule has 4 nitrogen and oxygen atoms in total. The quantitative estimate of drug-likeness (QED) is 0.153. The van der Waals surface area contributed by atoms with Crippen LogP contribution >= 0.6 is 23.2 Å². The number of benzene rings is 3. The van der Waals surface area contributed by atoms with Crippen molar-refractivity contribution in [2.24, 2.45) is 5.10 Å². The highest BCUT2D eigenvalue weighted by molar-refractivity contribution is 6.36. The monoisotopic (exact) mass is 641 g/mol. The summed E-state index contributed by atoms with van der Waals surface area (Å²) in [7, 11) is 0. The maximum Gasteiger partial charge on any atom is 0.460 e. The largest absolute Gasteiger partial charge is 0.460 e. The fourth-order valence-electron chi connectivity index (χ4n) is 4.93. The fourth-order valence-corrected chi connectivity index (χ4v) is 5.40. The number of hydrazone groups is 1. The molecule has 13 heteroatoms. The van der Waals surface area contributed by atoms with Crippen LogP contribution in [0.1, 0.15) is 22.4 Å². The molecule has 1 aliphatic heterocycles. The molecule has 0 N–H and O–H groups in total. The van der Waals surface area contributed by atoms with E-state index < -0.39 is 35.2 Å². The molecule has 2 heterocycles. The van der Waals surface area contributed by atoms with Crippen molar-refractivity contribution < 1.29 is 35.5 Å². The lowest BCUT2D eigenvalue weighted by molar-refractivity contribution is -0.336. The van der Waals surface area contributed by atoms with E-state index in [2.05, 4.69) is 5.10 Å². The second kappa shape index (κ2) is 10.7. The van der Waals surface area contributed by atoms with Gasteiger partial charge in [-0.2, -0.15) is 40.8 Å². The summed E-state index contributed by atoms with van der Waals surface area (Å²) in [6.45, 7) is 3.55. The Balaban J connectivity index is 1.74. The summed E-state index contributed by atoms with van der Waals surface area (Å²) in [4.78, 5) is 13.5. The Morgan fingerprint density at radius 3 is 2.19 bits per heavy atom. The zero-order valence-electron chi connectivity index (χ0n) is 22.3. The van der Waals surface area contributed by atoms with Crippen LogP contribution in [0.2, 0.25) is 10.0 Å². The molecule has 0 unspecified atom stereocenters. The number of nitrogens with zero attached hydrogens (tertiary/aromatic N) is 3. The number of carbonyl (C=O) groups excluding carboxylic acids is 1. The van der Waals surface area contributed by atoms with Gasteiger partial charge in [0, 0.05) is 33.2 Å². The van der Waals surface area contributed by atoms with Gasteiger partial charge in [0.1, 0.15) is 0 Å². The van der Waals surface area contributed by atoms with Crippen molar-refractivity contribution in [1.82, 2.24) is 4.57 Å². The molecule has 3 aromatic carbocycles. The Hall–Kier alpha value is -3.83. The highest BCUT2D eigenvalue weighted by Crippen LogP contribution is 2.49. The summed E-state index contributed by atoms with van der Waals surface area (Å²) < 4.78 is 100. The molecule has 0 bridgehead atoms. The minimum atomic E-state index is -6.63. The Labute approximate surface area is 250 Å². The van der Waals surface area contributed by atoms with Crippen LogP contribution < -0.4 is 5.01 Å². The molecule has 0 spiro atoms. The number of fused-ring (bicyclic) bond motifs is 1. The smallest absolute Gasteiger partial charge is 0.340 e. The number of aromatic nitrogens is 1. The maximum absolute atomic E-state index is 15.2. The van der Waals surface area contributed by atoms with E-state index in [-0.39, 0.29) is 17.8 Å². The third-order valence-corrected chi connectivity index (χ3v) is 7.74. The average Bonchev–Trinajstić information content (AvgIpc) is 3.40.